The van der Waals surface area contributed by atoms with Crippen LogP contribution in [0.15, 0.2) is 18.2 Å². The molecule has 0 saturated heterocycles. The lowest BCUT2D eigenvalue weighted by molar-refractivity contribution is 0.00931. The highest BCUT2D eigenvalue weighted by Crippen LogP contribution is 2.57. The molecule has 2 nitrogen and oxygen atoms in total. The standard InChI is InChI=1S/C20H24O2/c1-2-10-20(22)11-9-18-17-5-3-13-12-14(21)4-6-15(13)16(17)7-8-19(18)20/h4,6,12,16-19,21-22H,3,5,7-9,11H2,1H3. The lowest BCUT2D eigenvalue weighted by atomic mass is 9.59. The number of aryl methyl sites for hydroxylation is 1. The van der Waals surface area contributed by atoms with Gasteiger partial charge in [0.2, 0.25) is 0 Å². The van der Waals surface area contributed by atoms with Gasteiger partial charge in [0.25, 0.3) is 0 Å². The van der Waals surface area contributed by atoms with Gasteiger partial charge < -0.3 is 10.2 Å². The second-order valence-electron chi connectivity index (χ2n) is 7.38. The number of aliphatic hydroxyl groups is 1. The molecule has 0 bridgehead atoms. The highest BCUT2D eigenvalue weighted by molar-refractivity contribution is 5.40. The van der Waals surface area contributed by atoms with Crippen LogP contribution in [0.4, 0.5) is 0 Å². The predicted molar refractivity (Wildman–Crippen MR) is 86.5 cm³/mol. The Morgan fingerprint density at radius 2 is 2.00 bits per heavy atom. The molecule has 2 heteroatoms. The summed E-state index contributed by atoms with van der Waals surface area (Å²) < 4.78 is 0. The number of hydrogen-bond acceptors (Lipinski definition) is 2. The summed E-state index contributed by atoms with van der Waals surface area (Å²) in [5.41, 5.74) is 2.05. The molecule has 0 heterocycles. The van der Waals surface area contributed by atoms with E-state index >= 15 is 0 Å². The number of benzene rings is 1. The normalized spacial score (nSPS) is 39.2. The molecule has 4 rings (SSSR count). The van der Waals surface area contributed by atoms with Crippen LogP contribution in [-0.4, -0.2) is 15.8 Å². The van der Waals surface area contributed by atoms with Crippen LogP contribution in [0.5, 0.6) is 5.75 Å². The minimum Gasteiger partial charge on any atom is -0.508 e. The summed E-state index contributed by atoms with van der Waals surface area (Å²) >= 11 is 0. The molecular formula is C20H24O2. The van der Waals surface area contributed by atoms with Gasteiger partial charge in [-0.15, -0.1) is 5.92 Å². The molecule has 1 aromatic rings. The highest BCUT2D eigenvalue weighted by atomic mass is 16.3. The molecule has 3 aliphatic rings. The SMILES string of the molecule is CC#CC1(O)CCC2C3CCc4cc(O)ccc4C3CCC21. The predicted octanol–water partition coefficient (Wildman–Crippen LogP) is 3.61. The first-order valence-corrected chi connectivity index (χ1v) is 8.60. The third-order valence-corrected chi connectivity index (χ3v) is 6.46. The van der Waals surface area contributed by atoms with E-state index in [0.29, 0.717) is 29.4 Å². The van der Waals surface area contributed by atoms with Crippen LogP contribution in [0.25, 0.3) is 0 Å². The van der Waals surface area contributed by atoms with Crippen molar-refractivity contribution >= 4 is 0 Å². The molecule has 0 aromatic heterocycles. The number of aromatic hydroxyl groups is 1. The Morgan fingerprint density at radius 1 is 1.14 bits per heavy atom. The first-order chi connectivity index (χ1) is 10.6. The van der Waals surface area contributed by atoms with Crippen molar-refractivity contribution in [1.29, 1.82) is 0 Å². The highest BCUT2D eigenvalue weighted by Gasteiger charge is 2.53. The van der Waals surface area contributed by atoms with Crippen molar-refractivity contribution < 1.29 is 10.2 Å². The lowest BCUT2D eigenvalue weighted by Crippen LogP contribution is -2.41. The molecule has 2 saturated carbocycles. The molecule has 3 aliphatic carbocycles. The number of phenols is 1. The van der Waals surface area contributed by atoms with Gasteiger partial charge in [-0.05, 0) is 86.5 Å². The number of phenolic OH excluding ortho intramolecular Hbond substituents is 1. The van der Waals surface area contributed by atoms with Crippen molar-refractivity contribution in [2.24, 2.45) is 17.8 Å². The molecule has 5 unspecified atom stereocenters. The van der Waals surface area contributed by atoms with Gasteiger partial charge in [0, 0.05) is 5.92 Å². The maximum atomic E-state index is 10.9. The van der Waals surface area contributed by atoms with Gasteiger partial charge >= 0.3 is 0 Å². The smallest absolute Gasteiger partial charge is 0.128 e. The van der Waals surface area contributed by atoms with E-state index in [1.807, 2.05) is 19.1 Å². The van der Waals surface area contributed by atoms with Crippen LogP contribution >= 0.6 is 0 Å². The van der Waals surface area contributed by atoms with Crippen LogP contribution in [0, 0.1) is 29.6 Å². The fraction of sp³-hybridized carbons (Fsp3) is 0.600. The number of hydrogen-bond donors (Lipinski definition) is 2. The molecule has 5 atom stereocenters. The average molecular weight is 296 g/mol. The van der Waals surface area contributed by atoms with Gasteiger partial charge in [0.05, 0.1) is 0 Å². The fourth-order valence-electron chi connectivity index (χ4n) is 5.63. The molecular weight excluding hydrogens is 272 g/mol. The van der Waals surface area contributed by atoms with Crippen molar-refractivity contribution in [3.05, 3.63) is 29.3 Å². The summed E-state index contributed by atoms with van der Waals surface area (Å²) in [6.07, 6.45) is 6.44. The van der Waals surface area contributed by atoms with Gasteiger partial charge in [0.1, 0.15) is 11.4 Å². The average Bonchev–Trinajstić information content (AvgIpc) is 2.84. The zero-order valence-corrected chi connectivity index (χ0v) is 13.2. The lowest BCUT2D eigenvalue weighted by Gasteiger charge is -2.45. The minimum absolute atomic E-state index is 0.361. The maximum Gasteiger partial charge on any atom is 0.128 e. The Hall–Kier alpha value is -1.46. The van der Waals surface area contributed by atoms with E-state index in [-0.39, 0.29) is 0 Å². The van der Waals surface area contributed by atoms with E-state index < -0.39 is 5.60 Å². The quantitative estimate of drug-likeness (QED) is 0.718. The van der Waals surface area contributed by atoms with Crippen molar-refractivity contribution in [3.63, 3.8) is 0 Å². The van der Waals surface area contributed by atoms with Crippen LogP contribution in [0.2, 0.25) is 0 Å². The zero-order valence-electron chi connectivity index (χ0n) is 13.2. The van der Waals surface area contributed by atoms with Crippen molar-refractivity contribution in [3.8, 4) is 17.6 Å². The van der Waals surface area contributed by atoms with E-state index in [9.17, 15) is 10.2 Å². The summed E-state index contributed by atoms with van der Waals surface area (Å²) in [6, 6.07) is 5.92. The van der Waals surface area contributed by atoms with Crippen molar-refractivity contribution in [2.45, 2.75) is 57.0 Å². The topological polar surface area (TPSA) is 40.5 Å². The number of rotatable bonds is 0. The van der Waals surface area contributed by atoms with Crippen LogP contribution in [0.1, 0.15) is 56.1 Å². The molecule has 0 amide bonds. The van der Waals surface area contributed by atoms with Gasteiger partial charge in [-0.2, -0.15) is 0 Å². The molecule has 116 valence electrons. The van der Waals surface area contributed by atoms with E-state index in [1.54, 1.807) is 0 Å². The number of fused-ring (bicyclic) bond motifs is 5. The molecule has 0 radical (unpaired) electrons. The van der Waals surface area contributed by atoms with Gasteiger partial charge in [-0.25, -0.2) is 0 Å². The first kappa shape index (κ1) is 14.2. The summed E-state index contributed by atoms with van der Waals surface area (Å²) in [5.74, 6) is 8.73. The van der Waals surface area contributed by atoms with E-state index in [4.69, 9.17) is 0 Å². The fourth-order valence-corrected chi connectivity index (χ4v) is 5.63. The van der Waals surface area contributed by atoms with Gasteiger partial charge in [0.15, 0.2) is 0 Å². The Bertz CT molecular complexity index is 653. The first-order valence-electron chi connectivity index (χ1n) is 8.60. The van der Waals surface area contributed by atoms with E-state index in [1.165, 1.54) is 17.5 Å². The van der Waals surface area contributed by atoms with Crippen LogP contribution in [-0.2, 0) is 6.42 Å². The summed E-state index contributed by atoms with van der Waals surface area (Å²) in [4.78, 5) is 0. The van der Waals surface area contributed by atoms with E-state index in [2.05, 4.69) is 17.9 Å². The summed E-state index contributed by atoms with van der Waals surface area (Å²) in [5, 5.41) is 20.6. The molecule has 22 heavy (non-hydrogen) atoms. The Morgan fingerprint density at radius 3 is 2.82 bits per heavy atom. The molecule has 0 aliphatic heterocycles. The monoisotopic (exact) mass is 296 g/mol. The van der Waals surface area contributed by atoms with Gasteiger partial charge in [-0.1, -0.05) is 12.0 Å². The molecule has 2 fully saturated rings. The third kappa shape index (κ3) is 1.99. The zero-order chi connectivity index (χ0) is 15.3. The van der Waals surface area contributed by atoms with Crippen molar-refractivity contribution in [1.82, 2.24) is 0 Å². The molecule has 0 spiro atoms. The second kappa shape index (κ2) is 5.03. The van der Waals surface area contributed by atoms with Crippen molar-refractivity contribution in [2.75, 3.05) is 0 Å². The van der Waals surface area contributed by atoms with Crippen LogP contribution in [0.3, 0.4) is 0 Å². The second-order valence-corrected chi connectivity index (χ2v) is 7.38. The van der Waals surface area contributed by atoms with Gasteiger partial charge in [-0.3, -0.25) is 0 Å². The minimum atomic E-state index is -0.736. The maximum absolute atomic E-state index is 10.9. The summed E-state index contributed by atoms with van der Waals surface area (Å²) in [7, 11) is 0. The Kier molecular flexibility index (Phi) is 3.24. The Balaban J connectivity index is 1.66. The summed E-state index contributed by atoms with van der Waals surface area (Å²) in [6.45, 7) is 1.83. The van der Waals surface area contributed by atoms with Crippen LogP contribution < -0.4 is 0 Å². The largest absolute Gasteiger partial charge is 0.508 e. The molecule has 1 aromatic carbocycles. The molecule has 2 N–H and O–H groups in total. The van der Waals surface area contributed by atoms with E-state index in [0.717, 1.165) is 32.1 Å². The third-order valence-electron chi connectivity index (χ3n) is 6.46. The Labute approximate surface area is 132 Å².